The lowest BCUT2D eigenvalue weighted by atomic mass is 9.59. The van der Waals surface area contributed by atoms with Gasteiger partial charge in [0.25, 0.3) is 0 Å². The Morgan fingerprint density at radius 1 is 1.00 bits per heavy atom. The third-order valence-corrected chi connectivity index (χ3v) is 9.17. The number of nitrogens with zero attached hydrogens (tertiary/aromatic N) is 1. The van der Waals surface area contributed by atoms with Gasteiger partial charge in [0, 0.05) is 33.2 Å². The number of fused-ring (bicyclic) bond motifs is 3. The molecule has 0 radical (unpaired) electrons. The summed E-state index contributed by atoms with van der Waals surface area (Å²) in [4.78, 5) is 55.5. The quantitative estimate of drug-likeness (QED) is 0.265. The number of allylic oxidation sites excluding steroid dienone is 6. The van der Waals surface area contributed by atoms with Gasteiger partial charge in [-0.15, -0.1) is 0 Å². The number of imide groups is 1. The molecule has 7 nitrogen and oxygen atoms in total. The largest absolute Gasteiger partial charge is 0.504 e. The minimum absolute atomic E-state index is 0.112. The van der Waals surface area contributed by atoms with Crippen LogP contribution in [0.15, 0.2) is 80.3 Å². The normalized spacial score (nSPS) is 26.2. The van der Waals surface area contributed by atoms with Crippen molar-refractivity contribution in [1.82, 2.24) is 0 Å². The number of halogens is 2. The van der Waals surface area contributed by atoms with E-state index in [-0.39, 0.29) is 45.8 Å². The number of Topliss-reactive ketones (excluding diaryl/α,β-unsaturated/α-hetero) is 1. The summed E-state index contributed by atoms with van der Waals surface area (Å²) in [5, 5.41) is 11.2. The first-order valence-electron chi connectivity index (χ1n) is 12.7. The Morgan fingerprint density at radius 3 is 2.46 bits per heavy atom. The molecule has 2 aromatic rings. The maximum atomic E-state index is 13.9. The third-order valence-electron chi connectivity index (χ3n) is 8.06. The highest BCUT2D eigenvalue weighted by Crippen LogP contribution is 2.57. The number of phenols is 1. The van der Waals surface area contributed by atoms with Crippen LogP contribution in [0.4, 0.5) is 5.69 Å². The molecular weight excluding hydrogens is 630 g/mol. The fraction of sp³-hybridized carbons (Fsp3) is 0.267. The van der Waals surface area contributed by atoms with E-state index in [1.165, 1.54) is 11.0 Å². The predicted octanol–water partition coefficient (Wildman–Crippen LogP) is 5.52. The molecule has 1 heterocycles. The predicted molar refractivity (Wildman–Crippen MR) is 150 cm³/mol. The zero-order chi connectivity index (χ0) is 27.6. The van der Waals surface area contributed by atoms with Gasteiger partial charge in [-0.1, -0.05) is 39.7 Å². The second kappa shape index (κ2) is 9.71. The number of aromatic hydroxyl groups is 1. The molecule has 0 aromatic heterocycles. The molecular formula is C30H23Br2NO6. The summed E-state index contributed by atoms with van der Waals surface area (Å²) in [7, 11) is 0. The number of ether oxygens (including phenoxy) is 1. The van der Waals surface area contributed by atoms with Crippen LogP contribution in [0, 0.1) is 17.8 Å². The van der Waals surface area contributed by atoms with E-state index in [0.717, 1.165) is 10.0 Å². The number of hydrogen-bond donors (Lipinski definition) is 1. The maximum Gasteiger partial charge on any atom is 0.238 e. The van der Waals surface area contributed by atoms with Crippen molar-refractivity contribution in [1.29, 1.82) is 0 Å². The van der Waals surface area contributed by atoms with Crippen LogP contribution in [-0.2, 0) is 19.2 Å². The highest BCUT2D eigenvalue weighted by molar-refractivity contribution is 9.12. The summed E-state index contributed by atoms with van der Waals surface area (Å²) in [5.41, 5.74) is 2.30. The third kappa shape index (κ3) is 3.97. The number of amides is 2. The summed E-state index contributed by atoms with van der Waals surface area (Å²) < 4.78 is 6.59. The molecule has 0 spiro atoms. The first kappa shape index (κ1) is 26.0. The van der Waals surface area contributed by atoms with Crippen LogP contribution < -0.4 is 9.64 Å². The molecule has 9 heteroatoms. The van der Waals surface area contributed by atoms with E-state index in [1.807, 2.05) is 6.08 Å². The Balaban J connectivity index is 1.50. The van der Waals surface area contributed by atoms with Gasteiger partial charge in [-0.3, -0.25) is 24.1 Å². The molecule has 1 fully saturated rings. The summed E-state index contributed by atoms with van der Waals surface area (Å²) in [6.45, 7) is 2.14. The lowest BCUT2D eigenvalue weighted by Gasteiger charge is -2.42. The lowest BCUT2D eigenvalue weighted by molar-refractivity contribution is -0.123. The van der Waals surface area contributed by atoms with Gasteiger partial charge < -0.3 is 9.84 Å². The summed E-state index contributed by atoms with van der Waals surface area (Å²) in [6, 6.07) is 12.1. The van der Waals surface area contributed by atoms with E-state index in [0.29, 0.717) is 35.4 Å². The van der Waals surface area contributed by atoms with E-state index in [2.05, 4.69) is 31.9 Å². The molecule has 6 rings (SSSR count). The number of carbonyl (C=O) groups excluding carboxylic acids is 4. The van der Waals surface area contributed by atoms with E-state index in [9.17, 15) is 24.3 Å². The number of hydrogen-bond acceptors (Lipinski definition) is 6. The van der Waals surface area contributed by atoms with Crippen molar-refractivity contribution < 1.29 is 29.0 Å². The second-order valence-electron chi connectivity index (χ2n) is 10.0. The molecule has 2 amide bonds. The summed E-state index contributed by atoms with van der Waals surface area (Å²) >= 11 is 6.62. The topological polar surface area (TPSA) is 101 Å². The average Bonchev–Trinajstić information content (AvgIpc) is 3.18. The van der Waals surface area contributed by atoms with E-state index in [1.54, 1.807) is 49.4 Å². The van der Waals surface area contributed by atoms with Crippen LogP contribution in [0.25, 0.3) is 0 Å². The van der Waals surface area contributed by atoms with Gasteiger partial charge in [-0.25, -0.2) is 0 Å². The maximum absolute atomic E-state index is 13.9. The van der Waals surface area contributed by atoms with Gasteiger partial charge in [0.2, 0.25) is 11.8 Å². The highest BCUT2D eigenvalue weighted by Gasteiger charge is 2.57. The van der Waals surface area contributed by atoms with Gasteiger partial charge in [0.05, 0.1) is 28.6 Å². The molecule has 2 aromatic carbocycles. The Hall–Kier alpha value is -3.30. The number of anilines is 1. The summed E-state index contributed by atoms with van der Waals surface area (Å²) in [6.07, 6.45) is 3.67. The number of carbonyl (C=O) groups is 4. The molecule has 1 N–H and O–H groups in total. The van der Waals surface area contributed by atoms with Gasteiger partial charge in [0.1, 0.15) is 0 Å². The van der Waals surface area contributed by atoms with Crippen LogP contribution in [0.5, 0.6) is 11.5 Å². The number of phenolic OH excluding ortho intramolecular Hbond substituents is 1. The average molecular weight is 653 g/mol. The first-order valence-corrected chi connectivity index (χ1v) is 14.3. The van der Waals surface area contributed by atoms with Crippen LogP contribution in [0.1, 0.15) is 31.2 Å². The lowest BCUT2D eigenvalue weighted by Crippen LogP contribution is -2.39. The molecule has 39 heavy (non-hydrogen) atoms. The van der Waals surface area contributed by atoms with E-state index in [4.69, 9.17) is 4.74 Å². The highest BCUT2D eigenvalue weighted by atomic mass is 79.9. The Morgan fingerprint density at radius 2 is 1.74 bits per heavy atom. The van der Waals surface area contributed by atoms with Crippen molar-refractivity contribution in [2.75, 3.05) is 11.5 Å². The molecule has 0 saturated carbocycles. The van der Waals surface area contributed by atoms with Crippen LogP contribution >= 0.6 is 31.9 Å². The number of benzene rings is 2. The molecule has 1 saturated heterocycles. The minimum Gasteiger partial charge on any atom is -0.504 e. The van der Waals surface area contributed by atoms with Crippen molar-refractivity contribution in [3.8, 4) is 11.5 Å². The minimum atomic E-state index is -0.752. The fourth-order valence-electron chi connectivity index (χ4n) is 6.45. The zero-order valence-electron chi connectivity index (χ0n) is 20.8. The number of para-hydroxylation sites is 1. The van der Waals surface area contributed by atoms with Crippen molar-refractivity contribution in [2.24, 2.45) is 17.8 Å². The zero-order valence-corrected chi connectivity index (χ0v) is 24.0. The van der Waals surface area contributed by atoms with Gasteiger partial charge in [0.15, 0.2) is 23.1 Å². The summed E-state index contributed by atoms with van der Waals surface area (Å²) in [5.74, 6) is -3.58. The van der Waals surface area contributed by atoms with Crippen molar-refractivity contribution in [3.63, 3.8) is 0 Å². The van der Waals surface area contributed by atoms with E-state index >= 15 is 0 Å². The molecule has 4 atom stereocenters. The van der Waals surface area contributed by atoms with Crippen molar-refractivity contribution in [2.45, 2.75) is 25.7 Å². The fourth-order valence-corrected chi connectivity index (χ4v) is 7.16. The standard InChI is InChI=1S/C30H23Br2NO6/c1-2-39-23-5-3-4-17(28(23)36)24-16-10-11-18-25(19(16)12-20-26(24)22(34)13-21(32)27(20)35)30(38)33(29(18)37)15-8-6-14(31)7-9-15/h3-10,13,18-19,24-25,36H,2,11-12H2,1H3/t18-,19+,24+,25-/m0/s1. The molecule has 4 aliphatic rings. The molecule has 3 aliphatic carbocycles. The second-order valence-corrected chi connectivity index (χ2v) is 11.8. The number of ketones is 2. The SMILES string of the molecule is CCOc1cccc([C@H]2C3=CC[C@@H]4C(=O)N(c5ccc(Br)cc5)C(=O)[C@@H]4[C@@H]3CC3=C2C(=O)C=C(Br)C3=O)c1O. The van der Waals surface area contributed by atoms with Crippen LogP contribution in [0.3, 0.4) is 0 Å². The van der Waals surface area contributed by atoms with Crippen molar-refractivity contribution >= 4 is 60.9 Å². The van der Waals surface area contributed by atoms with Crippen LogP contribution in [-0.4, -0.2) is 35.1 Å². The smallest absolute Gasteiger partial charge is 0.238 e. The number of rotatable bonds is 4. The van der Waals surface area contributed by atoms with Crippen molar-refractivity contribution in [3.05, 3.63) is 85.9 Å². The Bertz CT molecular complexity index is 1550. The first-order chi connectivity index (χ1) is 18.7. The molecule has 0 unspecified atom stereocenters. The van der Waals surface area contributed by atoms with Gasteiger partial charge in [-0.05, 0) is 71.9 Å². The Kier molecular flexibility index (Phi) is 6.46. The van der Waals surface area contributed by atoms with E-state index < -0.39 is 23.7 Å². The molecule has 198 valence electrons. The van der Waals surface area contributed by atoms with Gasteiger partial charge >= 0.3 is 0 Å². The molecule has 1 aliphatic heterocycles. The monoisotopic (exact) mass is 651 g/mol. The van der Waals surface area contributed by atoms with Crippen LogP contribution in [0.2, 0.25) is 0 Å². The van der Waals surface area contributed by atoms with Gasteiger partial charge in [-0.2, -0.15) is 0 Å². The Labute approximate surface area is 241 Å². The molecule has 0 bridgehead atoms.